The summed E-state index contributed by atoms with van der Waals surface area (Å²) in [6, 6.07) is 3.01. The Labute approximate surface area is 116 Å². The van der Waals surface area contributed by atoms with Crippen molar-refractivity contribution in [3.05, 3.63) is 28.0 Å². The minimum Gasteiger partial charge on any atom is -0.458 e. The van der Waals surface area contributed by atoms with Crippen molar-refractivity contribution in [1.82, 2.24) is 4.98 Å². The summed E-state index contributed by atoms with van der Waals surface area (Å²) in [6.07, 6.45) is 2.07. The van der Waals surface area contributed by atoms with Crippen LogP contribution in [0.3, 0.4) is 0 Å². The summed E-state index contributed by atoms with van der Waals surface area (Å²) in [4.78, 5) is 15.4. The van der Waals surface area contributed by atoms with Gasteiger partial charge in [0.2, 0.25) is 0 Å². The number of unbranched alkanes of at least 4 members (excludes halogenated alkanes) is 1. The monoisotopic (exact) mass is 291 g/mol. The van der Waals surface area contributed by atoms with Crippen molar-refractivity contribution < 1.29 is 14.3 Å². The maximum atomic E-state index is 11.6. The fourth-order valence-electron chi connectivity index (χ4n) is 1.17. The standard InChI is InChI=1S/C12H15Cl2NO3/c1-2-3-6-17-7-8-18-12(16)11-9(13)4-5-10(14)15-11/h4-5H,2-3,6-8H2,1H3. The van der Waals surface area contributed by atoms with E-state index in [2.05, 4.69) is 11.9 Å². The molecule has 0 saturated heterocycles. The van der Waals surface area contributed by atoms with E-state index >= 15 is 0 Å². The average molecular weight is 292 g/mol. The zero-order valence-electron chi connectivity index (χ0n) is 10.1. The zero-order chi connectivity index (χ0) is 13.4. The van der Waals surface area contributed by atoms with Crippen LogP contribution in [0, 0.1) is 0 Å². The summed E-state index contributed by atoms with van der Waals surface area (Å²) in [7, 11) is 0. The van der Waals surface area contributed by atoms with Crippen LogP contribution in [0.4, 0.5) is 0 Å². The molecule has 4 nitrogen and oxygen atoms in total. The van der Waals surface area contributed by atoms with Crippen molar-refractivity contribution >= 4 is 29.2 Å². The maximum absolute atomic E-state index is 11.6. The van der Waals surface area contributed by atoms with Gasteiger partial charge in [0, 0.05) is 6.61 Å². The Kier molecular flexibility index (Phi) is 7.01. The van der Waals surface area contributed by atoms with E-state index in [1.165, 1.54) is 12.1 Å². The topological polar surface area (TPSA) is 48.4 Å². The molecule has 1 aromatic rings. The number of pyridine rings is 1. The molecule has 0 fully saturated rings. The Morgan fingerprint density at radius 3 is 2.78 bits per heavy atom. The van der Waals surface area contributed by atoms with E-state index in [4.69, 9.17) is 32.7 Å². The van der Waals surface area contributed by atoms with Gasteiger partial charge in [0.05, 0.1) is 11.6 Å². The smallest absolute Gasteiger partial charge is 0.358 e. The summed E-state index contributed by atoms with van der Waals surface area (Å²) in [5, 5.41) is 0.418. The molecule has 100 valence electrons. The van der Waals surface area contributed by atoms with Crippen molar-refractivity contribution in [1.29, 1.82) is 0 Å². The fourth-order valence-corrected chi connectivity index (χ4v) is 1.50. The normalized spacial score (nSPS) is 10.4. The lowest BCUT2D eigenvalue weighted by molar-refractivity contribution is 0.0308. The molecule has 0 aliphatic rings. The van der Waals surface area contributed by atoms with E-state index in [9.17, 15) is 4.79 Å². The SMILES string of the molecule is CCCCOCCOC(=O)c1nc(Cl)ccc1Cl. The van der Waals surface area contributed by atoms with Gasteiger partial charge in [-0.15, -0.1) is 0 Å². The van der Waals surface area contributed by atoms with E-state index < -0.39 is 5.97 Å². The van der Waals surface area contributed by atoms with Crippen LogP contribution in [0.5, 0.6) is 0 Å². The number of carbonyl (C=O) groups is 1. The molecule has 0 aliphatic carbocycles. The number of ether oxygens (including phenoxy) is 2. The van der Waals surface area contributed by atoms with Gasteiger partial charge in [-0.25, -0.2) is 9.78 Å². The summed E-state index contributed by atoms with van der Waals surface area (Å²) < 4.78 is 10.2. The number of nitrogens with zero attached hydrogens (tertiary/aromatic N) is 1. The van der Waals surface area contributed by atoms with Gasteiger partial charge in [0.25, 0.3) is 0 Å². The van der Waals surface area contributed by atoms with Crippen LogP contribution in [0.15, 0.2) is 12.1 Å². The van der Waals surface area contributed by atoms with E-state index in [0.29, 0.717) is 13.2 Å². The lowest BCUT2D eigenvalue weighted by Gasteiger charge is -2.06. The van der Waals surface area contributed by atoms with Crippen LogP contribution in [0.2, 0.25) is 10.2 Å². The van der Waals surface area contributed by atoms with Gasteiger partial charge in [-0.1, -0.05) is 36.5 Å². The van der Waals surface area contributed by atoms with Crippen LogP contribution < -0.4 is 0 Å². The molecule has 1 aromatic heterocycles. The highest BCUT2D eigenvalue weighted by atomic mass is 35.5. The number of hydrogen-bond acceptors (Lipinski definition) is 4. The molecule has 6 heteroatoms. The van der Waals surface area contributed by atoms with Gasteiger partial charge < -0.3 is 9.47 Å². The Morgan fingerprint density at radius 1 is 1.28 bits per heavy atom. The molecular formula is C12H15Cl2NO3. The van der Waals surface area contributed by atoms with Crippen LogP contribution >= 0.6 is 23.2 Å². The number of rotatable bonds is 7. The zero-order valence-corrected chi connectivity index (χ0v) is 11.6. The van der Waals surface area contributed by atoms with Gasteiger partial charge in [0.15, 0.2) is 5.69 Å². The minimum atomic E-state index is -0.596. The highest BCUT2D eigenvalue weighted by Gasteiger charge is 2.14. The van der Waals surface area contributed by atoms with Crippen molar-refractivity contribution in [2.45, 2.75) is 19.8 Å². The number of carbonyl (C=O) groups excluding carboxylic acids is 1. The summed E-state index contributed by atoms with van der Waals surface area (Å²) >= 11 is 11.5. The predicted molar refractivity (Wildman–Crippen MR) is 70.3 cm³/mol. The number of hydrogen-bond donors (Lipinski definition) is 0. The molecule has 1 heterocycles. The lowest BCUT2D eigenvalue weighted by atomic mass is 10.3. The Hall–Kier alpha value is -0.840. The molecule has 0 spiro atoms. The average Bonchev–Trinajstić information content (AvgIpc) is 2.36. The largest absolute Gasteiger partial charge is 0.458 e. The molecule has 0 amide bonds. The van der Waals surface area contributed by atoms with Crippen molar-refractivity contribution in [2.24, 2.45) is 0 Å². The molecule has 0 N–H and O–H groups in total. The Balaban J connectivity index is 2.34. The number of halogens is 2. The molecule has 0 saturated carbocycles. The van der Waals surface area contributed by atoms with E-state index in [0.717, 1.165) is 12.8 Å². The highest BCUT2D eigenvalue weighted by molar-refractivity contribution is 6.34. The third kappa shape index (κ3) is 5.21. The first-order valence-electron chi connectivity index (χ1n) is 5.72. The summed E-state index contributed by atoms with van der Waals surface area (Å²) in [6.45, 7) is 3.29. The lowest BCUT2D eigenvalue weighted by Crippen LogP contribution is -2.13. The van der Waals surface area contributed by atoms with Crippen LogP contribution in [0.25, 0.3) is 0 Å². The highest BCUT2D eigenvalue weighted by Crippen LogP contribution is 2.17. The second-order valence-corrected chi connectivity index (χ2v) is 4.36. The molecule has 0 atom stereocenters. The molecule has 0 aromatic carbocycles. The van der Waals surface area contributed by atoms with Crippen LogP contribution in [-0.4, -0.2) is 30.8 Å². The first kappa shape index (κ1) is 15.2. The van der Waals surface area contributed by atoms with E-state index in [-0.39, 0.29) is 22.5 Å². The van der Waals surface area contributed by atoms with E-state index in [1.54, 1.807) is 0 Å². The first-order valence-corrected chi connectivity index (χ1v) is 6.47. The van der Waals surface area contributed by atoms with Crippen molar-refractivity contribution in [3.8, 4) is 0 Å². The van der Waals surface area contributed by atoms with Crippen molar-refractivity contribution in [2.75, 3.05) is 19.8 Å². The molecular weight excluding hydrogens is 277 g/mol. The molecule has 0 bridgehead atoms. The predicted octanol–water partition coefficient (Wildman–Crippen LogP) is 3.36. The number of aromatic nitrogens is 1. The quantitative estimate of drug-likeness (QED) is 0.439. The Bertz CT molecular complexity index is 399. The molecule has 18 heavy (non-hydrogen) atoms. The van der Waals surface area contributed by atoms with Gasteiger partial charge in [-0.05, 0) is 18.6 Å². The van der Waals surface area contributed by atoms with Gasteiger partial charge in [0.1, 0.15) is 11.8 Å². The molecule has 0 unspecified atom stereocenters. The molecule has 0 aliphatic heterocycles. The second kappa shape index (κ2) is 8.29. The minimum absolute atomic E-state index is 0.0257. The molecule has 0 radical (unpaired) electrons. The summed E-state index contributed by atoms with van der Waals surface area (Å²) in [5.74, 6) is -0.596. The first-order chi connectivity index (χ1) is 8.65. The second-order valence-electron chi connectivity index (χ2n) is 3.57. The van der Waals surface area contributed by atoms with Crippen LogP contribution in [0.1, 0.15) is 30.3 Å². The third-order valence-electron chi connectivity index (χ3n) is 2.11. The Morgan fingerprint density at radius 2 is 2.06 bits per heavy atom. The summed E-state index contributed by atoms with van der Waals surface area (Å²) in [5.41, 5.74) is 0.0257. The number of esters is 1. The maximum Gasteiger partial charge on any atom is 0.358 e. The van der Waals surface area contributed by atoms with E-state index in [1.807, 2.05) is 0 Å². The van der Waals surface area contributed by atoms with Gasteiger partial charge in [-0.3, -0.25) is 0 Å². The van der Waals surface area contributed by atoms with Crippen LogP contribution in [-0.2, 0) is 9.47 Å². The third-order valence-corrected chi connectivity index (χ3v) is 2.62. The fraction of sp³-hybridized carbons (Fsp3) is 0.500. The van der Waals surface area contributed by atoms with Gasteiger partial charge >= 0.3 is 5.97 Å². The van der Waals surface area contributed by atoms with Crippen molar-refractivity contribution in [3.63, 3.8) is 0 Å². The molecule has 1 rings (SSSR count). The van der Waals surface area contributed by atoms with Gasteiger partial charge in [-0.2, -0.15) is 0 Å².